The summed E-state index contributed by atoms with van der Waals surface area (Å²) in [5.74, 6) is 0. The molecule has 0 saturated carbocycles. The van der Waals surface area contributed by atoms with Crippen LogP contribution in [0.15, 0.2) is 71.4 Å². The summed E-state index contributed by atoms with van der Waals surface area (Å²) >= 11 is 0. The Morgan fingerprint density at radius 2 is 1.69 bits per heavy atom. The van der Waals surface area contributed by atoms with E-state index in [1.807, 2.05) is 0 Å². The first-order valence-electron chi connectivity index (χ1n) is 4.48. The van der Waals surface area contributed by atoms with E-state index in [9.17, 15) is 0 Å². The first-order chi connectivity index (χ1) is 6.36. The van der Waals surface area contributed by atoms with Gasteiger partial charge < -0.3 is 0 Å². The molecule has 0 aliphatic heterocycles. The van der Waals surface area contributed by atoms with Crippen LogP contribution in [0, 0.1) is 0 Å². The van der Waals surface area contributed by atoms with Crippen LogP contribution in [0.3, 0.4) is 0 Å². The van der Waals surface area contributed by atoms with Gasteiger partial charge in [0.05, 0.1) is 0 Å². The molecule has 0 nitrogen and oxygen atoms in total. The minimum absolute atomic E-state index is 1.27. The summed E-state index contributed by atoms with van der Waals surface area (Å²) in [6.45, 7) is 2.10. The van der Waals surface area contributed by atoms with Gasteiger partial charge in [-0.05, 0) is 24.1 Å². The van der Waals surface area contributed by atoms with Gasteiger partial charge in [-0.15, -0.1) is 0 Å². The molecular formula is C13H12. The second-order valence-electron chi connectivity index (χ2n) is 3.24. The lowest BCUT2D eigenvalue weighted by molar-refractivity contribution is 1.52. The Morgan fingerprint density at radius 1 is 0.769 bits per heavy atom. The molecule has 0 spiro atoms. The molecule has 0 amide bonds. The van der Waals surface area contributed by atoms with Gasteiger partial charge >= 0.3 is 0 Å². The quantitative estimate of drug-likeness (QED) is 0.519. The third-order valence-electron chi connectivity index (χ3n) is 2.05. The third-order valence-corrected chi connectivity index (χ3v) is 2.05. The molecular weight excluding hydrogens is 156 g/mol. The first kappa shape index (κ1) is 8.06. The van der Waals surface area contributed by atoms with Crippen molar-refractivity contribution in [3.8, 4) is 0 Å². The molecule has 0 radical (unpaired) electrons. The predicted octanol–water partition coefficient (Wildman–Crippen LogP) is 3.48. The Morgan fingerprint density at radius 3 is 2.62 bits per heavy atom. The van der Waals surface area contributed by atoms with Crippen molar-refractivity contribution in [1.82, 2.24) is 0 Å². The van der Waals surface area contributed by atoms with Crippen molar-refractivity contribution < 1.29 is 0 Å². The summed E-state index contributed by atoms with van der Waals surface area (Å²) in [5.41, 5.74) is 3.95. The third kappa shape index (κ3) is 2.19. The van der Waals surface area contributed by atoms with Crippen molar-refractivity contribution in [3.63, 3.8) is 0 Å². The van der Waals surface area contributed by atoms with Gasteiger partial charge in [0.15, 0.2) is 0 Å². The summed E-state index contributed by atoms with van der Waals surface area (Å²) in [6, 6.07) is 0. The molecule has 2 rings (SSSR count). The van der Waals surface area contributed by atoms with E-state index < -0.39 is 0 Å². The lowest BCUT2D eigenvalue weighted by Crippen LogP contribution is -1.64. The number of hydrogen-bond donors (Lipinski definition) is 0. The average Bonchev–Trinajstić information content (AvgIpc) is 2.82. The zero-order valence-corrected chi connectivity index (χ0v) is 7.70. The Balaban J connectivity index is 2.24. The Bertz CT molecular complexity index is 382. The maximum atomic E-state index is 2.18. The van der Waals surface area contributed by atoms with Crippen molar-refractivity contribution in [2.45, 2.75) is 6.92 Å². The SMILES string of the molecule is CC1=CC=CC2=CC2=CC=CC=C1. The van der Waals surface area contributed by atoms with E-state index in [0.29, 0.717) is 0 Å². The molecule has 0 aromatic rings. The largest absolute Gasteiger partial charge is 0.0622 e. The van der Waals surface area contributed by atoms with Gasteiger partial charge in [0.1, 0.15) is 0 Å². The van der Waals surface area contributed by atoms with E-state index in [4.69, 9.17) is 0 Å². The molecule has 0 heterocycles. The lowest BCUT2D eigenvalue weighted by Gasteiger charge is -1.85. The number of fused-ring (bicyclic) bond motifs is 1. The molecule has 0 bridgehead atoms. The maximum Gasteiger partial charge on any atom is -0.0178 e. The van der Waals surface area contributed by atoms with Crippen LogP contribution in [-0.2, 0) is 0 Å². The molecule has 0 aromatic carbocycles. The van der Waals surface area contributed by atoms with Crippen molar-refractivity contribution in [3.05, 3.63) is 71.4 Å². The van der Waals surface area contributed by atoms with Crippen molar-refractivity contribution in [1.29, 1.82) is 0 Å². The standard InChI is InChI=1S/C13H12/c1-11-6-3-2-4-8-12-10-13(12)9-5-7-11/h2-10H,1H3. The molecule has 2 aliphatic carbocycles. The zero-order valence-electron chi connectivity index (χ0n) is 7.70. The summed E-state index contributed by atoms with van der Waals surface area (Å²) in [6.07, 6.45) is 18.9. The van der Waals surface area contributed by atoms with Crippen LogP contribution < -0.4 is 0 Å². The summed E-state index contributed by atoms with van der Waals surface area (Å²) in [7, 11) is 0. The highest BCUT2D eigenvalue weighted by atomic mass is 14.1. The second kappa shape index (κ2) is 3.44. The normalized spacial score (nSPS) is 19.6. The lowest BCUT2D eigenvalue weighted by atomic mass is 10.2. The van der Waals surface area contributed by atoms with E-state index in [1.165, 1.54) is 16.7 Å². The average molecular weight is 168 g/mol. The van der Waals surface area contributed by atoms with Gasteiger partial charge in [-0.3, -0.25) is 0 Å². The maximum absolute atomic E-state index is 2.18. The van der Waals surface area contributed by atoms with Gasteiger partial charge in [-0.1, -0.05) is 54.2 Å². The number of hydrogen-bond acceptors (Lipinski definition) is 0. The van der Waals surface area contributed by atoms with E-state index in [2.05, 4.69) is 61.6 Å². The fourth-order valence-corrected chi connectivity index (χ4v) is 1.21. The summed E-state index contributed by atoms with van der Waals surface area (Å²) in [5, 5.41) is 0. The monoisotopic (exact) mass is 168 g/mol. The minimum atomic E-state index is 1.27. The van der Waals surface area contributed by atoms with Crippen LogP contribution in [0.1, 0.15) is 6.92 Å². The fourth-order valence-electron chi connectivity index (χ4n) is 1.21. The van der Waals surface area contributed by atoms with Crippen molar-refractivity contribution in [2.75, 3.05) is 0 Å². The van der Waals surface area contributed by atoms with Gasteiger partial charge in [-0.2, -0.15) is 0 Å². The first-order valence-corrected chi connectivity index (χ1v) is 4.48. The van der Waals surface area contributed by atoms with Gasteiger partial charge in [-0.25, -0.2) is 0 Å². The second-order valence-corrected chi connectivity index (χ2v) is 3.24. The minimum Gasteiger partial charge on any atom is -0.0622 e. The van der Waals surface area contributed by atoms with Crippen LogP contribution in [0.5, 0.6) is 0 Å². The molecule has 0 heteroatoms. The molecule has 0 atom stereocenters. The van der Waals surface area contributed by atoms with Gasteiger partial charge in [0.25, 0.3) is 0 Å². The smallest absolute Gasteiger partial charge is 0.0178 e. The van der Waals surface area contributed by atoms with Crippen LogP contribution in [0.2, 0.25) is 0 Å². The Kier molecular flexibility index (Phi) is 2.13. The molecule has 13 heavy (non-hydrogen) atoms. The molecule has 64 valence electrons. The molecule has 0 saturated heterocycles. The van der Waals surface area contributed by atoms with Crippen LogP contribution in [-0.4, -0.2) is 0 Å². The highest BCUT2D eigenvalue weighted by Gasteiger charge is 2.10. The van der Waals surface area contributed by atoms with Gasteiger partial charge in [0, 0.05) is 0 Å². The van der Waals surface area contributed by atoms with E-state index in [0.717, 1.165) is 0 Å². The van der Waals surface area contributed by atoms with Crippen LogP contribution in [0.4, 0.5) is 0 Å². The molecule has 2 aliphatic rings. The highest BCUT2D eigenvalue weighted by Crippen LogP contribution is 2.28. The molecule has 0 unspecified atom stereocenters. The number of allylic oxidation sites excluding steroid dienone is 12. The van der Waals surface area contributed by atoms with Crippen molar-refractivity contribution >= 4 is 0 Å². The molecule has 0 fully saturated rings. The molecule has 0 N–H and O–H groups in total. The highest BCUT2D eigenvalue weighted by molar-refractivity contribution is 5.64. The summed E-state index contributed by atoms with van der Waals surface area (Å²) in [4.78, 5) is 0. The van der Waals surface area contributed by atoms with Crippen LogP contribution in [0.25, 0.3) is 0 Å². The van der Waals surface area contributed by atoms with Crippen molar-refractivity contribution in [2.24, 2.45) is 0 Å². The van der Waals surface area contributed by atoms with E-state index >= 15 is 0 Å². The zero-order chi connectivity index (χ0) is 9.10. The Labute approximate surface area is 79.0 Å². The van der Waals surface area contributed by atoms with Crippen LogP contribution >= 0.6 is 0 Å². The van der Waals surface area contributed by atoms with E-state index in [-0.39, 0.29) is 0 Å². The fraction of sp³-hybridized carbons (Fsp3) is 0.0769. The topological polar surface area (TPSA) is 0 Å². The predicted molar refractivity (Wildman–Crippen MR) is 57.3 cm³/mol. The Hall–Kier alpha value is -1.56. The molecule has 0 aromatic heterocycles. The van der Waals surface area contributed by atoms with E-state index in [1.54, 1.807) is 0 Å². The van der Waals surface area contributed by atoms with Gasteiger partial charge in [0.2, 0.25) is 0 Å². The summed E-state index contributed by atoms with van der Waals surface area (Å²) < 4.78 is 0. The number of rotatable bonds is 0.